The average molecular weight is 546 g/mol. The van der Waals surface area contributed by atoms with Crippen molar-refractivity contribution < 1.29 is 56.0 Å². The number of carbonyl (C=O) groups is 2. The number of nitrogen functional groups attached to an aromatic ring is 1. The lowest BCUT2D eigenvalue weighted by atomic mass is 10.1. The van der Waals surface area contributed by atoms with E-state index in [0.29, 0.717) is 23.0 Å². The first-order chi connectivity index (χ1) is 17.6. The SMILES string of the molecule is Nc1cccc(-c2cc3c(Oc4ccccc4O)ncnc3[nH]2)c1.O=C(O)C(F)(F)F.O=C(O)C(F)(F)F. The predicted octanol–water partition coefficient (Wildman–Crippen LogP) is 4.97. The smallest absolute Gasteiger partial charge is 0.490 e. The number of aromatic amines is 1. The molecule has 0 amide bonds. The maximum absolute atomic E-state index is 10.6. The van der Waals surface area contributed by atoms with E-state index < -0.39 is 24.3 Å². The van der Waals surface area contributed by atoms with Gasteiger partial charge in [-0.15, -0.1) is 0 Å². The first kappa shape index (κ1) is 29.2. The fourth-order valence-electron chi connectivity index (χ4n) is 2.51. The van der Waals surface area contributed by atoms with Crippen LogP contribution in [0.3, 0.4) is 0 Å². The molecule has 0 saturated carbocycles. The van der Waals surface area contributed by atoms with Gasteiger partial charge < -0.3 is 30.8 Å². The van der Waals surface area contributed by atoms with E-state index in [9.17, 15) is 31.4 Å². The zero-order valence-corrected chi connectivity index (χ0v) is 18.6. The Morgan fingerprint density at radius 3 is 1.97 bits per heavy atom. The highest BCUT2D eigenvalue weighted by molar-refractivity contribution is 5.87. The molecule has 0 radical (unpaired) electrons. The summed E-state index contributed by atoms with van der Waals surface area (Å²) in [5, 5.41) is 24.8. The summed E-state index contributed by atoms with van der Waals surface area (Å²) in [6.07, 6.45) is -8.75. The van der Waals surface area contributed by atoms with Crippen molar-refractivity contribution in [2.75, 3.05) is 5.73 Å². The van der Waals surface area contributed by atoms with Gasteiger partial charge in [0.1, 0.15) is 12.0 Å². The van der Waals surface area contributed by atoms with Gasteiger partial charge in [-0.3, -0.25) is 0 Å². The Labute approximate surface area is 207 Å². The van der Waals surface area contributed by atoms with Gasteiger partial charge in [-0.05, 0) is 30.3 Å². The molecule has 4 rings (SSSR count). The Morgan fingerprint density at radius 1 is 0.868 bits per heavy atom. The molecule has 0 atom stereocenters. The highest BCUT2D eigenvalue weighted by atomic mass is 19.4. The zero-order valence-electron chi connectivity index (χ0n) is 18.6. The molecule has 2 aromatic carbocycles. The molecule has 2 aromatic heterocycles. The number of alkyl halides is 6. The van der Waals surface area contributed by atoms with Crippen molar-refractivity contribution in [1.82, 2.24) is 15.0 Å². The van der Waals surface area contributed by atoms with Gasteiger partial charge in [0.25, 0.3) is 0 Å². The van der Waals surface area contributed by atoms with Crippen molar-refractivity contribution >= 4 is 28.7 Å². The minimum absolute atomic E-state index is 0.0517. The molecule has 38 heavy (non-hydrogen) atoms. The summed E-state index contributed by atoms with van der Waals surface area (Å²) in [7, 11) is 0. The summed E-state index contributed by atoms with van der Waals surface area (Å²) in [6, 6.07) is 16.2. The number of nitrogens with zero attached hydrogens (tertiary/aromatic N) is 2. The Bertz CT molecular complexity index is 1400. The molecule has 202 valence electrons. The molecular formula is C22H16F6N4O6. The normalized spacial score (nSPS) is 11.0. The molecule has 0 saturated heterocycles. The zero-order chi connectivity index (χ0) is 28.7. The van der Waals surface area contributed by atoms with Crippen LogP contribution in [-0.4, -0.2) is 54.6 Å². The molecule has 0 aliphatic carbocycles. The third-order valence-electron chi connectivity index (χ3n) is 4.14. The van der Waals surface area contributed by atoms with Crippen molar-refractivity contribution in [2.45, 2.75) is 12.4 Å². The Balaban J connectivity index is 0.000000301. The van der Waals surface area contributed by atoms with Gasteiger partial charge in [0.2, 0.25) is 5.88 Å². The van der Waals surface area contributed by atoms with Gasteiger partial charge in [0.05, 0.1) is 5.39 Å². The number of H-pyrrole nitrogens is 1. The first-order valence-corrected chi connectivity index (χ1v) is 9.85. The van der Waals surface area contributed by atoms with Gasteiger partial charge >= 0.3 is 24.3 Å². The molecule has 0 bridgehead atoms. The number of hydrogen-bond donors (Lipinski definition) is 5. The number of para-hydroxylation sites is 2. The largest absolute Gasteiger partial charge is 0.504 e. The van der Waals surface area contributed by atoms with Crippen molar-refractivity contribution in [3.63, 3.8) is 0 Å². The Morgan fingerprint density at radius 2 is 1.45 bits per heavy atom. The van der Waals surface area contributed by atoms with Gasteiger partial charge in [0.15, 0.2) is 11.5 Å². The molecule has 16 heteroatoms. The van der Waals surface area contributed by atoms with E-state index in [4.69, 9.17) is 30.3 Å². The number of phenolic OH excluding ortho intramolecular Hbond substituents is 1. The van der Waals surface area contributed by atoms with E-state index in [1.807, 2.05) is 30.3 Å². The number of ether oxygens (including phenoxy) is 1. The molecule has 0 unspecified atom stereocenters. The molecule has 0 spiro atoms. The van der Waals surface area contributed by atoms with Crippen molar-refractivity contribution in [3.8, 4) is 28.6 Å². The number of halogens is 6. The summed E-state index contributed by atoms with van der Waals surface area (Å²) in [4.78, 5) is 29.4. The van der Waals surface area contributed by atoms with Gasteiger partial charge in [-0.25, -0.2) is 19.6 Å². The number of fused-ring (bicyclic) bond motifs is 1. The second kappa shape index (κ2) is 11.8. The number of phenols is 1. The quantitative estimate of drug-likeness (QED) is 0.176. The fraction of sp³-hybridized carbons (Fsp3) is 0.0909. The highest BCUT2D eigenvalue weighted by Gasteiger charge is 2.38. The number of aromatic hydroxyl groups is 1. The summed E-state index contributed by atoms with van der Waals surface area (Å²) in [5.74, 6) is -4.76. The fourth-order valence-corrected chi connectivity index (χ4v) is 2.51. The number of rotatable bonds is 3. The van der Waals surface area contributed by atoms with Crippen molar-refractivity contribution in [3.05, 3.63) is 60.9 Å². The van der Waals surface area contributed by atoms with E-state index in [0.717, 1.165) is 16.6 Å². The van der Waals surface area contributed by atoms with E-state index in [2.05, 4.69) is 15.0 Å². The molecule has 0 aliphatic rings. The van der Waals surface area contributed by atoms with Crippen LogP contribution < -0.4 is 10.5 Å². The van der Waals surface area contributed by atoms with Crippen LogP contribution in [0.15, 0.2) is 60.9 Å². The number of aliphatic carboxylic acids is 2. The molecule has 6 N–H and O–H groups in total. The number of hydrogen-bond acceptors (Lipinski definition) is 7. The number of carboxylic acids is 2. The monoisotopic (exact) mass is 546 g/mol. The number of nitrogens with two attached hydrogens (primary N) is 1. The standard InChI is InChI=1S/C18H14N4O2.2C2HF3O2/c19-12-5-3-4-11(8-12)14-9-13-17(22-14)20-10-21-18(13)24-16-7-2-1-6-15(16)23;2*3-2(4,5)1(6)7/h1-10,23H,19H2,(H,20,21,22);2*(H,6,7). The maximum Gasteiger partial charge on any atom is 0.490 e. The lowest BCUT2D eigenvalue weighted by Crippen LogP contribution is -2.21. The van der Waals surface area contributed by atoms with Crippen LogP contribution in [0.2, 0.25) is 0 Å². The average Bonchev–Trinajstić information content (AvgIpc) is 3.26. The van der Waals surface area contributed by atoms with E-state index >= 15 is 0 Å². The van der Waals surface area contributed by atoms with Crippen molar-refractivity contribution in [2.24, 2.45) is 0 Å². The van der Waals surface area contributed by atoms with Gasteiger partial charge in [0, 0.05) is 16.9 Å². The van der Waals surface area contributed by atoms with Gasteiger partial charge in [-0.2, -0.15) is 26.3 Å². The van der Waals surface area contributed by atoms with Crippen LogP contribution >= 0.6 is 0 Å². The van der Waals surface area contributed by atoms with E-state index in [-0.39, 0.29) is 5.75 Å². The second-order valence-electron chi connectivity index (χ2n) is 6.93. The molecule has 0 fully saturated rings. The van der Waals surface area contributed by atoms with E-state index in [1.165, 1.54) is 6.33 Å². The summed E-state index contributed by atoms with van der Waals surface area (Å²) in [5.41, 5.74) is 8.98. The summed E-state index contributed by atoms with van der Waals surface area (Å²) < 4.78 is 69.2. The highest BCUT2D eigenvalue weighted by Crippen LogP contribution is 2.34. The van der Waals surface area contributed by atoms with Crippen LogP contribution in [-0.2, 0) is 9.59 Å². The summed E-state index contributed by atoms with van der Waals surface area (Å²) in [6.45, 7) is 0. The number of anilines is 1. The third-order valence-corrected chi connectivity index (χ3v) is 4.14. The first-order valence-electron chi connectivity index (χ1n) is 9.85. The number of nitrogens with one attached hydrogen (secondary N) is 1. The molecule has 4 aromatic rings. The Hall–Kier alpha value is -5.02. The van der Waals surface area contributed by atoms with Crippen LogP contribution in [0.4, 0.5) is 32.0 Å². The van der Waals surface area contributed by atoms with Crippen LogP contribution in [0, 0.1) is 0 Å². The predicted molar refractivity (Wildman–Crippen MR) is 119 cm³/mol. The molecule has 10 nitrogen and oxygen atoms in total. The number of benzene rings is 2. The van der Waals surface area contributed by atoms with Crippen LogP contribution in [0.25, 0.3) is 22.3 Å². The van der Waals surface area contributed by atoms with Crippen molar-refractivity contribution in [1.29, 1.82) is 0 Å². The molecule has 0 aliphatic heterocycles. The minimum atomic E-state index is -5.08. The lowest BCUT2D eigenvalue weighted by Gasteiger charge is -2.06. The van der Waals surface area contributed by atoms with Gasteiger partial charge in [-0.1, -0.05) is 24.3 Å². The maximum atomic E-state index is 10.6. The second-order valence-corrected chi connectivity index (χ2v) is 6.93. The number of carboxylic acid groups (broad SMARTS) is 2. The van der Waals surface area contributed by atoms with Crippen LogP contribution in [0.1, 0.15) is 0 Å². The summed E-state index contributed by atoms with van der Waals surface area (Å²) >= 11 is 0. The third kappa shape index (κ3) is 8.28. The topological polar surface area (TPSA) is 172 Å². The lowest BCUT2D eigenvalue weighted by molar-refractivity contribution is -0.193. The molecular weight excluding hydrogens is 530 g/mol. The number of aromatic nitrogens is 3. The van der Waals surface area contributed by atoms with E-state index in [1.54, 1.807) is 24.3 Å². The molecule has 2 heterocycles. The Kier molecular flexibility index (Phi) is 9.08. The van der Waals surface area contributed by atoms with Crippen LogP contribution in [0.5, 0.6) is 17.4 Å². The minimum Gasteiger partial charge on any atom is -0.504 e.